The lowest BCUT2D eigenvalue weighted by atomic mass is 9.72. The van der Waals surface area contributed by atoms with Crippen LogP contribution in [-0.4, -0.2) is 47.9 Å². The highest BCUT2D eigenvalue weighted by atomic mass is 16.5. The van der Waals surface area contributed by atoms with Gasteiger partial charge in [-0.2, -0.15) is 0 Å². The number of aliphatic hydroxyl groups excluding tert-OH is 2. The number of rotatable bonds is 5. The third kappa shape index (κ3) is 2.98. The molecule has 3 rings (SSSR count). The number of hydrogen-bond acceptors (Lipinski definition) is 6. The number of ether oxygens (including phenoxy) is 2. The molecule has 2 aromatic carbocycles. The molecular weight excluding hydrogens is 336 g/mol. The molecule has 1 aliphatic carbocycles. The van der Waals surface area contributed by atoms with Crippen molar-refractivity contribution in [2.45, 2.75) is 5.92 Å². The van der Waals surface area contributed by atoms with Crippen molar-refractivity contribution in [1.29, 1.82) is 0 Å². The topological polar surface area (TPSA) is 99.4 Å². The predicted octanol–water partition coefficient (Wildman–Crippen LogP) is 2.24. The first-order valence-corrected chi connectivity index (χ1v) is 8.24. The minimum atomic E-state index is -0.366. The van der Waals surface area contributed by atoms with E-state index in [9.17, 15) is 20.4 Å². The van der Waals surface area contributed by atoms with Crippen LogP contribution in [0.2, 0.25) is 0 Å². The van der Waals surface area contributed by atoms with E-state index in [4.69, 9.17) is 9.47 Å². The Morgan fingerprint density at radius 2 is 1.62 bits per heavy atom. The minimum absolute atomic E-state index is 0.000434. The zero-order valence-electron chi connectivity index (χ0n) is 14.6. The van der Waals surface area contributed by atoms with Crippen molar-refractivity contribution in [1.82, 2.24) is 0 Å². The fourth-order valence-corrected chi connectivity index (χ4v) is 3.58. The Labute approximate surface area is 151 Å². The van der Waals surface area contributed by atoms with E-state index in [-0.39, 0.29) is 36.5 Å². The average Bonchev–Trinajstić information content (AvgIpc) is 2.66. The van der Waals surface area contributed by atoms with E-state index < -0.39 is 0 Å². The van der Waals surface area contributed by atoms with Gasteiger partial charge in [-0.05, 0) is 46.5 Å². The quantitative estimate of drug-likeness (QED) is 0.654. The smallest absolute Gasteiger partial charge is 0.161 e. The van der Waals surface area contributed by atoms with Gasteiger partial charge in [0.1, 0.15) is 0 Å². The standard InChI is InChI=1S/C20H22O6/c1-25-18-6-11(3-4-16(18)23)20-14-8-17(24)19(26-2)7-12(14)5-13(9-21)15(20)10-22/h3-8,15,20-24H,9-10H2,1-2H3/t15-,20-/m0/s1. The van der Waals surface area contributed by atoms with E-state index in [1.54, 1.807) is 24.3 Å². The fraction of sp³-hybridized carbons (Fsp3) is 0.300. The Kier molecular flexibility index (Phi) is 5.06. The molecule has 6 heteroatoms. The summed E-state index contributed by atoms with van der Waals surface area (Å²) in [5.74, 6) is -0.0220. The normalized spacial score (nSPS) is 18.8. The van der Waals surface area contributed by atoms with Crippen LogP contribution in [0.4, 0.5) is 0 Å². The number of methoxy groups -OCH3 is 2. The summed E-state index contributed by atoms with van der Waals surface area (Å²) in [6, 6.07) is 8.30. The van der Waals surface area contributed by atoms with Gasteiger partial charge in [-0.25, -0.2) is 0 Å². The molecule has 0 aromatic heterocycles. The molecule has 0 bridgehead atoms. The van der Waals surface area contributed by atoms with Crippen molar-refractivity contribution in [3.63, 3.8) is 0 Å². The summed E-state index contributed by atoms with van der Waals surface area (Å²) in [5, 5.41) is 39.9. The molecule has 1 aliphatic rings. The molecule has 0 unspecified atom stereocenters. The molecule has 0 saturated carbocycles. The van der Waals surface area contributed by atoms with E-state index in [1.165, 1.54) is 20.3 Å². The van der Waals surface area contributed by atoms with Gasteiger partial charge in [0.15, 0.2) is 23.0 Å². The van der Waals surface area contributed by atoms with Crippen LogP contribution >= 0.6 is 0 Å². The first-order valence-electron chi connectivity index (χ1n) is 8.24. The van der Waals surface area contributed by atoms with Crippen molar-refractivity contribution in [2.24, 2.45) is 5.92 Å². The summed E-state index contributed by atoms with van der Waals surface area (Å²) in [6.45, 7) is -0.369. The molecule has 0 saturated heterocycles. The Bertz CT molecular complexity index is 842. The number of aliphatic hydroxyl groups is 2. The van der Waals surface area contributed by atoms with E-state index in [2.05, 4.69) is 0 Å². The zero-order chi connectivity index (χ0) is 18.8. The van der Waals surface area contributed by atoms with Gasteiger partial charge in [-0.3, -0.25) is 0 Å². The lowest BCUT2D eigenvalue weighted by Gasteiger charge is -2.33. The van der Waals surface area contributed by atoms with Crippen molar-refractivity contribution in [2.75, 3.05) is 27.4 Å². The molecule has 138 valence electrons. The maximum Gasteiger partial charge on any atom is 0.161 e. The van der Waals surface area contributed by atoms with Crippen LogP contribution in [0.3, 0.4) is 0 Å². The summed E-state index contributed by atoms with van der Waals surface area (Å²) in [6.07, 6.45) is 1.81. The number of aromatic hydroxyl groups is 2. The first kappa shape index (κ1) is 18.1. The van der Waals surface area contributed by atoms with E-state index in [0.717, 1.165) is 16.7 Å². The van der Waals surface area contributed by atoms with Gasteiger partial charge in [0, 0.05) is 11.8 Å². The summed E-state index contributed by atoms with van der Waals surface area (Å²) in [4.78, 5) is 0. The van der Waals surface area contributed by atoms with Gasteiger partial charge < -0.3 is 29.9 Å². The zero-order valence-corrected chi connectivity index (χ0v) is 14.6. The lowest BCUT2D eigenvalue weighted by molar-refractivity contribution is 0.215. The first-order chi connectivity index (χ1) is 12.5. The second-order valence-electron chi connectivity index (χ2n) is 6.23. The number of phenolic OH excluding ortho intramolecular Hbond substituents is 2. The maximum absolute atomic E-state index is 10.2. The molecule has 0 aliphatic heterocycles. The van der Waals surface area contributed by atoms with Gasteiger partial charge in [0.25, 0.3) is 0 Å². The van der Waals surface area contributed by atoms with Crippen LogP contribution in [0.5, 0.6) is 23.0 Å². The molecule has 6 nitrogen and oxygen atoms in total. The number of hydrogen-bond donors (Lipinski definition) is 4. The highest BCUT2D eigenvalue weighted by Crippen LogP contribution is 2.46. The Balaban J connectivity index is 2.23. The van der Waals surface area contributed by atoms with Gasteiger partial charge in [-0.1, -0.05) is 12.1 Å². The molecule has 2 aromatic rings. The number of fused-ring (bicyclic) bond motifs is 1. The van der Waals surface area contributed by atoms with Gasteiger partial charge in [0.05, 0.1) is 27.4 Å². The summed E-state index contributed by atoms with van der Waals surface area (Å²) >= 11 is 0. The minimum Gasteiger partial charge on any atom is -0.504 e. The van der Waals surface area contributed by atoms with Crippen molar-refractivity contribution >= 4 is 6.08 Å². The van der Waals surface area contributed by atoms with Crippen LogP contribution in [0, 0.1) is 5.92 Å². The lowest BCUT2D eigenvalue weighted by Crippen LogP contribution is -2.25. The SMILES string of the molecule is COc1cc([C@H]2c3cc(O)c(OC)cc3C=C(CO)[C@@H]2CO)ccc1O. The molecule has 4 N–H and O–H groups in total. The summed E-state index contributed by atoms with van der Waals surface area (Å²) in [7, 11) is 2.94. The Morgan fingerprint density at radius 1 is 0.923 bits per heavy atom. The van der Waals surface area contributed by atoms with Gasteiger partial charge in [-0.15, -0.1) is 0 Å². The highest BCUT2D eigenvalue weighted by molar-refractivity contribution is 5.68. The van der Waals surface area contributed by atoms with Crippen molar-refractivity contribution in [3.8, 4) is 23.0 Å². The van der Waals surface area contributed by atoms with Crippen molar-refractivity contribution < 1.29 is 29.9 Å². The van der Waals surface area contributed by atoms with Crippen LogP contribution in [0.15, 0.2) is 35.9 Å². The number of benzene rings is 2. The van der Waals surface area contributed by atoms with E-state index >= 15 is 0 Å². The molecule has 0 spiro atoms. The Hall–Kier alpha value is -2.70. The Morgan fingerprint density at radius 3 is 2.23 bits per heavy atom. The summed E-state index contributed by atoms with van der Waals surface area (Å²) < 4.78 is 10.4. The fourth-order valence-electron chi connectivity index (χ4n) is 3.58. The van der Waals surface area contributed by atoms with E-state index in [0.29, 0.717) is 17.1 Å². The molecule has 0 fully saturated rings. The highest BCUT2D eigenvalue weighted by Gasteiger charge is 2.33. The predicted molar refractivity (Wildman–Crippen MR) is 96.8 cm³/mol. The third-order valence-corrected chi connectivity index (χ3v) is 4.88. The van der Waals surface area contributed by atoms with E-state index in [1.807, 2.05) is 6.08 Å². The molecule has 0 amide bonds. The molecule has 26 heavy (non-hydrogen) atoms. The molecule has 2 atom stereocenters. The van der Waals surface area contributed by atoms with Gasteiger partial charge >= 0.3 is 0 Å². The average molecular weight is 358 g/mol. The van der Waals surface area contributed by atoms with Gasteiger partial charge in [0.2, 0.25) is 0 Å². The molecular formula is C20H22O6. The van der Waals surface area contributed by atoms with Crippen LogP contribution in [-0.2, 0) is 0 Å². The monoisotopic (exact) mass is 358 g/mol. The van der Waals surface area contributed by atoms with Crippen LogP contribution in [0.1, 0.15) is 22.6 Å². The number of phenols is 2. The largest absolute Gasteiger partial charge is 0.504 e. The second-order valence-corrected chi connectivity index (χ2v) is 6.23. The summed E-state index contributed by atoms with van der Waals surface area (Å²) in [5.41, 5.74) is 3.08. The van der Waals surface area contributed by atoms with Crippen LogP contribution in [0.25, 0.3) is 6.08 Å². The molecule has 0 heterocycles. The maximum atomic E-state index is 10.2. The van der Waals surface area contributed by atoms with Crippen LogP contribution < -0.4 is 9.47 Å². The second kappa shape index (κ2) is 7.27. The molecule has 0 radical (unpaired) electrons. The third-order valence-electron chi connectivity index (χ3n) is 4.88. The van der Waals surface area contributed by atoms with Crippen molar-refractivity contribution in [3.05, 3.63) is 52.6 Å².